The van der Waals surface area contributed by atoms with E-state index in [9.17, 15) is 4.79 Å². The maximum absolute atomic E-state index is 9.84. The van der Waals surface area contributed by atoms with Gasteiger partial charge in [0.2, 0.25) is 6.41 Å². The van der Waals surface area contributed by atoms with Crippen LogP contribution in [0.2, 0.25) is 0 Å². The van der Waals surface area contributed by atoms with E-state index >= 15 is 0 Å². The molecule has 0 bridgehead atoms. The Bertz CT molecular complexity index is 99.8. The summed E-state index contributed by atoms with van der Waals surface area (Å²) in [6.07, 6.45) is 2.95. The molecule has 1 N–H and O–H groups in total. The lowest BCUT2D eigenvalue weighted by Crippen LogP contribution is -2.16. The molecule has 3 heteroatoms. The van der Waals surface area contributed by atoms with Crippen molar-refractivity contribution in [1.82, 2.24) is 5.32 Å². The Morgan fingerprint density at radius 2 is 2.60 bits per heavy atom. The van der Waals surface area contributed by atoms with Crippen LogP contribution in [-0.2, 0) is 9.53 Å². The first-order chi connectivity index (χ1) is 4.93. The Balaban J connectivity index is 1.96. The second-order valence-corrected chi connectivity index (χ2v) is 2.59. The van der Waals surface area contributed by atoms with Crippen molar-refractivity contribution in [3.8, 4) is 0 Å². The molecule has 0 aromatic carbocycles. The van der Waals surface area contributed by atoms with E-state index in [1.807, 2.05) is 0 Å². The van der Waals surface area contributed by atoms with Crippen molar-refractivity contribution in [2.45, 2.75) is 12.8 Å². The SMILES string of the molecule is O=CNCCC1CCOC1. The molecular formula is C7H13NO2. The number of carbonyl (C=O) groups excluding carboxylic acids is 1. The van der Waals surface area contributed by atoms with Crippen LogP contribution in [-0.4, -0.2) is 26.2 Å². The van der Waals surface area contributed by atoms with Crippen LogP contribution in [0.1, 0.15) is 12.8 Å². The summed E-state index contributed by atoms with van der Waals surface area (Å²) in [7, 11) is 0. The Hall–Kier alpha value is -0.570. The van der Waals surface area contributed by atoms with Crippen molar-refractivity contribution in [3.63, 3.8) is 0 Å². The van der Waals surface area contributed by atoms with Gasteiger partial charge in [-0.05, 0) is 18.8 Å². The molecule has 1 saturated heterocycles. The fourth-order valence-corrected chi connectivity index (χ4v) is 1.16. The second kappa shape index (κ2) is 4.28. The first-order valence-corrected chi connectivity index (χ1v) is 3.68. The Morgan fingerprint density at radius 3 is 3.20 bits per heavy atom. The second-order valence-electron chi connectivity index (χ2n) is 2.59. The van der Waals surface area contributed by atoms with Crippen LogP contribution < -0.4 is 5.32 Å². The fourth-order valence-electron chi connectivity index (χ4n) is 1.16. The minimum atomic E-state index is 0.674. The Labute approximate surface area is 60.7 Å². The summed E-state index contributed by atoms with van der Waals surface area (Å²) in [5, 5.41) is 2.64. The van der Waals surface area contributed by atoms with Gasteiger partial charge in [0.05, 0.1) is 0 Å². The molecule has 0 aromatic heterocycles. The van der Waals surface area contributed by atoms with Crippen molar-refractivity contribution in [2.24, 2.45) is 5.92 Å². The number of rotatable bonds is 4. The number of amides is 1. The van der Waals surface area contributed by atoms with E-state index in [0.29, 0.717) is 5.92 Å². The highest BCUT2D eigenvalue weighted by molar-refractivity contribution is 5.45. The number of hydrogen-bond donors (Lipinski definition) is 1. The van der Waals surface area contributed by atoms with Crippen LogP contribution in [0, 0.1) is 5.92 Å². The number of hydrogen-bond acceptors (Lipinski definition) is 2. The van der Waals surface area contributed by atoms with Gasteiger partial charge >= 0.3 is 0 Å². The van der Waals surface area contributed by atoms with E-state index in [-0.39, 0.29) is 0 Å². The third-order valence-corrected chi connectivity index (χ3v) is 1.80. The van der Waals surface area contributed by atoms with Gasteiger partial charge in [0.25, 0.3) is 0 Å². The maximum atomic E-state index is 9.84. The molecule has 1 aliphatic rings. The highest BCUT2D eigenvalue weighted by Crippen LogP contribution is 2.14. The van der Waals surface area contributed by atoms with Gasteiger partial charge in [0, 0.05) is 19.8 Å². The molecule has 0 saturated carbocycles. The predicted octanol–water partition coefficient (Wildman–Crippen LogP) is 0.159. The molecule has 58 valence electrons. The molecule has 0 radical (unpaired) electrons. The monoisotopic (exact) mass is 143 g/mol. The number of carbonyl (C=O) groups is 1. The van der Waals surface area contributed by atoms with E-state index in [4.69, 9.17) is 4.74 Å². The Morgan fingerprint density at radius 1 is 1.70 bits per heavy atom. The number of ether oxygens (including phenoxy) is 1. The van der Waals surface area contributed by atoms with Gasteiger partial charge in [-0.2, -0.15) is 0 Å². The highest BCUT2D eigenvalue weighted by atomic mass is 16.5. The summed E-state index contributed by atoms with van der Waals surface area (Å²) < 4.78 is 5.17. The minimum Gasteiger partial charge on any atom is -0.381 e. The van der Waals surface area contributed by atoms with Gasteiger partial charge in [0.15, 0.2) is 0 Å². The molecule has 1 aliphatic heterocycles. The van der Waals surface area contributed by atoms with E-state index in [1.54, 1.807) is 0 Å². The van der Waals surface area contributed by atoms with Crippen molar-refractivity contribution in [1.29, 1.82) is 0 Å². The summed E-state index contributed by atoms with van der Waals surface area (Å²) in [6.45, 7) is 2.56. The average Bonchev–Trinajstić information content (AvgIpc) is 2.41. The largest absolute Gasteiger partial charge is 0.381 e. The zero-order chi connectivity index (χ0) is 7.23. The van der Waals surface area contributed by atoms with Gasteiger partial charge in [-0.3, -0.25) is 4.79 Å². The first kappa shape index (κ1) is 7.54. The van der Waals surface area contributed by atoms with Crippen LogP contribution in [0.4, 0.5) is 0 Å². The summed E-state index contributed by atoms with van der Waals surface area (Å²) in [5.41, 5.74) is 0. The van der Waals surface area contributed by atoms with Gasteiger partial charge in [0.1, 0.15) is 0 Å². The van der Waals surface area contributed by atoms with Crippen molar-refractivity contribution >= 4 is 6.41 Å². The molecule has 0 aliphatic carbocycles. The third-order valence-electron chi connectivity index (χ3n) is 1.80. The van der Waals surface area contributed by atoms with E-state index in [0.717, 1.165) is 39.0 Å². The zero-order valence-electron chi connectivity index (χ0n) is 6.01. The highest BCUT2D eigenvalue weighted by Gasteiger charge is 2.14. The summed E-state index contributed by atoms with van der Waals surface area (Å²) in [6, 6.07) is 0. The summed E-state index contributed by atoms with van der Waals surface area (Å²) >= 11 is 0. The van der Waals surface area contributed by atoms with Crippen molar-refractivity contribution < 1.29 is 9.53 Å². The topological polar surface area (TPSA) is 38.3 Å². The lowest BCUT2D eigenvalue weighted by Gasteiger charge is -2.04. The molecule has 0 spiro atoms. The van der Waals surface area contributed by atoms with Gasteiger partial charge < -0.3 is 10.1 Å². The molecule has 1 fully saturated rings. The molecule has 10 heavy (non-hydrogen) atoms. The van der Waals surface area contributed by atoms with Crippen LogP contribution in [0.15, 0.2) is 0 Å². The maximum Gasteiger partial charge on any atom is 0.207 e. The molecular weight excluding hydrogens is 130 g/mol. The zero-order valence-corrected chi connectivity index (χ0v) is 6.01. The van der Waals surface area contributed by atoms with Gasteiger partial charge in [-0.25, -0.2) is 0 Å². The van der Waals surface area contributed by atoms with Crippen LogP contribution >= 0.6 is 0 Å². The minimum absolute atomic E-state index is 0.674. The lowest BCUT2D eigenvalue weighted by atomic mass is 10.1. The van der Waals surface area contributed by atoms with Gasteiger partial charge in [-0.15, -0.1) is 0 Å². The van der Waals surface area contributed by atoms with E-state index in [2.05, 4.69) is 5.32 Å². The lowest BCUT2D eigenvalue weighted by molar-refractivity contribution is -0.109. The first-order valence-electron chi connectivity index (χ1n) is 3.68. The molecule has 3 nitrogen and oxygen atoms in total. The van der Waals surface area contributed by atoms with E-state index < -0.39 is 0 Å². The predicted molar refractivity (Wildman–Crippen MR) is 37.6 cm³/mol. The quantitative estimate of drug-likeness (QED) is 0.449. The molecule has 1 unspecified atom stereocenters. The molecule has 1 heterocycles. The standard InChI is InChI=1S/C7H13NO2/c9-6-8-3-1-7-2-4-10-5-7/h6-7H,1-5H2,(H,8,9). The normalized spacial score (nSPS) is 24.6. The van der Waals surface area contributed by atoms with Crippen LogP contribution in [0.3, 0.4) is 0 Å². The van der Waals surface area contributed by atoms with Crippen molar-refractivity contribution in [3.05, 3.63) is 0 Å². The molecule has 1 rings (SSSR count). The number of nitrogens with one attached hydrogen (secondary N) is 1. The average molecular weight is 143 g/mol. The summed E-state index contributed by atoms with van der Waals surface area (Å²) in [4.78, 5) is 9.84. The molecule has 0 aromatic rings. The fraction of sp³-hybridized carbons (Fsp3) is 0.857. The van der Waals surface area contributed by atoms with Crippen LogP contribution in [0.5, 0.6) is 0 Å². The van der Waals surface area contributed by atoms with Crippen LogP contribution in [0.25, 0.3) is 0 Å². The molecule has 1 amide bonds. The molecule has 1 atom stereocenters. The smallest absolute Gasteiger partial charge is 0.207 e. The van der Waals surface area contributed by atoms with Gasteiger partial charge in [-0.1, -0.05) is 0 Å². The van der Waals surface area contributed by atoms with E-state index in [1.165, 1.54) is 0 Å². The summed E-state index contributed by atoms with van der Waals surface area (Å²) in [5.74, 6) is 0.674. The Kier molecular flexibility index (Phi) is 3.22. The third kappa shape index (κ3) is 2.35. The van der Waals surface area contributed by atoms with Crippen molar-refractivity contribution in [2.75, 3.05) is 19.8 Å².